The van der Waals surface area contributed by atoms with Gasteiger partial charge in [0.25, 0.3) is 5.56 Å². The van der Waals surface area contributed by atoms with Crippen LogP contribution in [0.15, 0.2) is 41.2 Å². The van der Waals surface area contributed by atoms with E-state index in [1.54, 1.807) is 23.0 Å². The first-order valence-corrected chi connectivity index (χ1v) is 7.06. The summed E-state index contributed by atoms with van der Waals surface area (Å²) < 4.78 is 4.58. The Hall–Kier alpha value is -2.37. The van der Waals surface area contributed by atoms with Gasteiger partial charge in [0.1, 0.15) is 0 Å². The van der Waals surface area contributed by atoms with Crippen LogP contribution in [0.3, 0.4) is 0 Å². The molecule has 6 nitrogen and oxygen atoms in total. The van der Waals surface area contributed by atoms with Crippen molar-refractivity contribution in [1.82, 2.24) is 18.7 Å². The van der Waals surface area contributed by atoms with E-state index in [0.717, 1.165) is 6.42 Å². The maximum Gasteiger partial charge on any atom is 0.332 e. The zero-order valence-corrected chi connectivity index (χ0v) is 12.3. The Balaban J connectivity index is 2.73. The summed E-state index contributed by atoms with van der Waals surface area (Å²) in [7, 11) is 0. The van der Waals surface area contributed by atoms with Gasteiger partial charge in [0.15, 0.2) is 11.2 Å². The predicted octanol–water partition coefficient (Wildman–Crippen LogP) is 1.53. The van der Waals surface area contributed by atoms with Gasteiger partial charge in [-0.15, -0.1) is 13.2 Å². The van der Waals surface area contributed by atoms with Gasteiger partial charge in [0, 0.05) is 19.6 Å². The van der Waals surface area contributed by atoms with Crippen LogP contribution >= 0.6 is 0 Å². The molecule has 0 saturated carbocycles. The largest absolute Gasteiger partial charge is 0.332 e. The topological polar surface area (TPSA) is 61.8 Å². The number of hydrogen-bond acceptors (Lipinski definition) is 3. The van der Waals surface area contributed by atoms with E-state index in [1.165, 1.54) is 9.13 Å². The van der Waals surface area contributed by atoms with Crippen molar-refractivity contribution in [3.05, 3.63) is 52.5 Å². The van der Waals surface area contributed by atoms with E-state index in [2.05, 4.69) is 18.1 Å². The number of rotatable bonds is 7. The summed E-state index contributed by atoms with van der Waals surface area (Å²) in [6.45, 7) is 10.6. The lowest BCUT2D eigenvalue weighted by Gasteiger charge is -2.10. The molecular formula is C15H20N4O2. The van der Waals surface area contributed by atoms with Crippen LogP contribution in [0.1, 0.15) is 19.8 Å². The first kappa shape index (κ1) is 15.0. The van der Waals surface area contributed by atoms with Crippen LogP contribution in [-0.4, -0.2) is 18.7 Å². The van der Waals surface area contributed by atoms with E-state index >= 15 is 0 Å². The van der Waals surface area contributed by atoms with Crippen molar-refractivity contribution in [3.63, 3.8) is 0 Å². The number of allylic oxidation sites excluding steroid dienone is 2. The van der Waals surface area contributed by atoms with E-state index in [0.29, 0.717) is 37.2 Å². The standard InChI is InChI=1S/C15H20N4O2/c1-4-7-9-17-11-16-13-12(17)14(20)19(10-8-5-2)15(21)18(13)6-3/h4-5,11H,1-2,6-10H2,3H3. The molecule has 0 unspecified atom stereocenters. The fraction of sp³-hybridized carbons (Fsp3) is 0.400. The molecule has 6 heteroatoms. The molecule has 0 bridgehead atoms. The number of nitrogens with zero attached hydrogens (tertiary/aromatic N) is 4. The summed E-state index contributed by atoms with van der Waals surface area (Å²) in [6.07, 6.45) is 6.41. The van der Waals surface area contributed by atoms with Crippen molar-refractivity contribution in [2.24, 2.45) is 0 Å². The molecule has 2 heterocycles. The zero-order valence-electron chi connectivity index (χ0n) is 12.3. The fourth-order valence-electron chi connectivity index (χ4n) is 2.34. The molecule has 0 N–H and O–H groups in total. The van der Waals surface area contributed by atoms with Crippen LogP contribution in [-0.2, 0) is 19.6 Å². The molecule has 0 amide bonds. The summed E-state index contributed by atoms with van der Waals surface area (Å²) in [5, 5.41) is 0. The Bertz CT molecular complexity index is 779. The summed E-state index contributed by atoms with van der Waals surface area (Å²) in [5.74, 6) is 0. The lowest BCUT2D eigenvalue weighted by Crippen LogP contribution is -2.40. The van der Waals surface area contributed by atoms with Crippen molar-refractivity contribution >= 4 is 11.2 Å². The van der Waals surface area contributed by atoms with Gasteiger partial charge in [-0.1, -0.05) is 12.2 Å². The van der Waals surface area contributed by atoms with Crippen LogP contribution in [0.25, 0.3) is 11.2 Å². The third-order valence-corrected chi connectivity index (χ3v) is 3.43. The normalized spacial score (nSPS) is 10.9. The first-order valence-electron chi connectivity index (χ1n) is 7.06. The average Bonchev–Trinajstić information content (AvgIpc) is 2.89. The van der Waals surface area contributed by atoms with Crippen LogP contribution in [0.4, 0.5) is 0 Å². The Morgan fingerprint density at radius 2 is 1.81 bits per heavy atom. The van der Waals surface area contributed by atoms with Crippen molar-refractivity contribution in [2.75, 3.05) is 0 Å². The second-order valence-electron chi connectivity index (χ2n) is 4.75. The van der Waals surface area contributed by atoms with Gasteiger partial charge < -0.3 is 4.57 Å². The molecule has 0 atom stereocenters. The summed E-state index contributed by atoms with van der Waals surface area (Å²) in [4.78, 5) is 29.2. The summed E-state index contributed by atoms with van der Waals surface area (Å²) >= 11 is 0. The minimum absolute atomic E-state index is 0.289. The SMILES string of the molecule is C=CCCn1c(=O)c2c(ncn2CCC=C)n(CC)c1=O. The maximum atomic E-state index is 12.6. The highest BCUT2D eigenvalue weighted by Crippen LogP contribution is 2.08. The minimum atomic E-state index is -0.314. The Morgan fingerprint density at radius 1 is 1.14 bits per heavy atom. The van der Waals surface area contributed by atoms with Crippen LogP contribution in [0.5, 0.6) is 0 Å². The molecule has 0 aliphatic rings. The first-order chi connectivity index (χ1) is 10.2. The molecule has 2 aromatic rings. The molecule has 0 aliphatic heterocycles. The number of fused-ring (bicyclic) bond motifs is 1. The molecule has 0 saturated heterocycles. The van der Waals surface area contributed by atoms with Crippen LogP contribution < -0.4 is 11.2 Å². The smallest absolute Gasteiger partial charge is 0.324 e. The van der Waals surface area contributed by atoms with Gasteiger partial charge >= 0.3 is 5.69 Å². The molecule has 0 spiro atoms. The number of aromatic nitrogens is 4. The van der Waals surface area contributed by atoms with Crippen molar-refractivity contribution in [2.45, 2.75) is 39.4 Å². The monoisotopic (exact) mass is 288 g/mol. The molecule has 0 radical (unpaired) electrons. The Labute approximate surface area is 122 Å². The lowest BCUT2D eigenvalue weighted by atomic mass is 10.4. The Kier molecular flexibility index (Phi) is 4.57. The van der Waals surface area contributed by atoms with Gasteiger partial charge in [0.2, 0.25) is 0 Å². The molecular weight excluding hydrogens is 268 g/mol. The maximum absolute atomic E-state index is 12.6. The lowest BCUT2D eigenvalue weighted by molar-refractivity contribution is 0.582. The van der Waals surface area contributed by atoms with Gasteiger partial charge in [-0.05, 0) is 19.8 Å². The molecule has 2 rings (SSSR count). The number of aryl methyl sites for hydroxylation is 2. The third-order valence-electron chi connectivity index (χ3n) is 3.43. The van der Waals surface area contributed by atoms with Crippen molar-refractivity contribution in [3.8, 4) is 0 Å². The summed E-state index contributed by atoms with van der Waals surface area (Å²) in [5.41, 5.74) is 0.322. The summed E-state index contributed by atoms with van der Waals surface area (Å²) in [6, 6.07) is 0. The molecule has 0 aromatic carbocycles. The molecule has 2 aromatic heterocycles. The molecule has 0 fully saturated rings. The highest BCUT2D eigenvalue weighted by atomic mass is 16.2. The van der Waals surface area contributed by atoms with E-state index in [1.807, 2.05) is 6.92 Å². The molecule has 0 aliphatic carbocycles. The number of hydrogen-bond donors (Lipinski definition) is 0. The molecule has 21 heavy (non-hydrogen) atoms. The van der Waals surface area contributed by atoms with Crippen molar-refractivity contribution < 1.29 is 0 Å². The van der Waals surface area contributed by atoms with Gasteiger partial charge in [-0.25, -0.2) is 9.78 Å². The highest BCUT2D eigenvalue weighted by molar-refractivity contribution is 5.70. The van der Waals surface area contributed by atoms with Gasteiger partial charge in [-0.2, -0.15) is 0 Å². The Morgan fingerprint density at radius 3 is 2.43 bits per heavy atom. The van der Waals surface area contributed by atoms with E-state index < -0.39 is 0 Å². The average molecular weight is 288 g/mol. The van der Waals surface area contributed by atoms with Crippen molar-refractivity contribution in [1.29, 1.82) is 0 Å². The van der Waals surface area contributed by atoms with E-state index in [4.69, 9.17) is 0 Å². The van der Waals surface area contributed by atoms with E-state index in [9.17, 15) is 9.59 Å². The van der Waals surface area contributed by atoms with Crippen LogP contribution in [0, 0.1) is 0 Å². The second kappa shape index (κ2) is 6.39. The zero-order chi connectivity index (χ0) is 15.4. The highest BCUT2D eigenvalue weighted by Gasteiger charge is 2.16. The van der Waals surface area contributed by atoms with Gasteiger partial charge in [0.05, 0.1) is 6.33 Å². The minimum Gasteiger partial charge on any atom is -0.324 e. The van der Waals surface area contributed by atoms with E-state index in [-0.39, 0.29) is 11.2 Å². The molecule has 112 valence electrons. The quantitative estimate of drug-likeness (QED) is 0.726. The third kappa shape index (κ3) is 2.61. The second-order valence-corrected chi connectivity index (χ2v) is 4.75. The fourth-order valence-corrected chi connectivity index (χ4v) is 2.34. The van der Waals surface area contributed by atoms with Gasteiger partial charge in [-0.3, -0.25) is 13.9 Å². The number of imidazole rings is 1. The predicted molar refractivity (Wildman–Crippen MR) is 83.6 cm³/mol. The van der Waals surface area contributed by atoms with Crippen LogP contribution in [0.2, 0.25) is 0 Å².